The summed E-state index contributed by atoms with van der Waals surface area (Å²) >= 11 is 0. The zero-order valence-electron chi connectivity index (χ0n) is 37.8. The number of anilines is 3. The third kappa shape index (κ3) is 6.05. The van der Waals surface area contributed by atoms with Crippen LogP contribution in [-0.4, -0.2) is 0 Å². The van der Waals surface area contributed by atoms with Crippen molar-refractivity contribution in [2.75, 3.05) is 4.90 Å². The number of fused-ring (bicyclic) bond motifs is 11. The number of hydrogen-bond acceptors (Lipinski definition) is 2. The Morgan fingerprint density at radius 3 is 1.86 bits per heavy atom. The van der Waals surface area contributed by atoms with E-state index >= 15 is 0 Å². The van der Waals surface area contributed by atoms with Gasteiger partial charge in [-0.05, 0) is 120 Å². The topological polar surface area (TPSA) is 16.4 Å². The lowest BCUT2D eigenvalue weighted by atomic mass is 9.63. The summed E-state index contributed by atoms with van der Waals surface area (Å²) in [5.74, 6) is 0.285. The first-order valence-corrected chi connectivity index (χ1v) is 24.1. The minimum Gasteiger partial charge on any atom is -0.455 e. The van der Waals surface area contributed by atoms with Crippen molar-refractivity contribution in [3.8, 4) is 22.3 Å². The summed E-state index contributed by atoms with van der Waals surface area (Å²) in [7, 11) is 0. The Hall–Kier alpha value is -8.72. The van der Waals surface area contributed by atoms with E-state index in [0.717, 1.165) is 49.8 Å². The minimum absolute atomic E-state index is 0.126. The molecule has 0 radical (unpaired) electrons. The molecule has 0 fully saturated rings. The molecular formula is C67H45NO. The van der Waals surface area contributed by atoms with Gasteiger partial charge in [0.15, 0.2) is 0 Å². The van der Waals surface area contributed by atoms with Crippen LogP contribution in [-0.2, 0) is 5.41 Å². The molecule has 2 unspecified atom stereocenters. The average molecular weight is 880 g/mol. The number of rotatable bonds is 7. The second-order valence-electron chi connectivity index (χ2n) is 18.7. The first-order chi connectivity index (χ1) is 34.2. The molecule has 0 saturated heterocycles. The van der Waals surface area contributed by atoms with Crippen molar-refractivity contribution in [2.24, 2.45) is 5.92 Å². The first kappa shape index (κ1) is 39.4. The molecule has 14 rings (SSSR count). The molecule has 2 aliphatic carbocycles. The zero-order chi connectivity index (χ0) is 45.5. The number of allylic oxidation sites excluding steroid dienone is 4. The third-order valence-corrected chi connectivity index (χ3v) is 15.2. The second kappa shape index (κ2) is 15.7. The molecule has 2 heteroatoms. The van der Waals surface area contributed by atoms with Gasteiger partial charge in [0.2, 0.25) is 0 Å². The van der Waals surface area contributed by atoms with E-state index in [9.17, 15) is 0 Å². The van der Waals surface area contributed by atoms with E-state index in [1.807, 2.05) is 0 Å². The molecule has 0 saturated carbocycles. The maximum Gasteiger partial charge on any atom is 0.143 e. The van der Waals surface area contributed by atoms with Gasteiger partial charge in [0, 0.05) is 39.4 Å². The summed E-state index contributed by atoms with van der Waals surface area (Å²) in [5.41, 5.74) is 14.7. The second-order valence-corrected chi connectivity index (χ2v) is 18.7. The SMILES string of the molecule is C1=CC2c3c(N(c4ccc(-c5ccc6c(ccc7ccccc76)c5)cc4)c4cccc(-c5cccc6oc7c8ccccc8ccc7c56)c4)cccc3C(c3ccccc3)(c3ccccc3)C2C=C1. The van der Waals surface area contributed by atoms with E-state index < -0.39 is 5.41 Å². The monoisotopic (exact) mass is 879 g/mol. The third-order valence-electron chi connectivity index (χ3n) is 15.2. The fourth-order valence-corrected chi connectivity index (χ4v) is 12.2. The Balaban J connectivity index is 0.977. The Bertz CT molecular complexity index is 3990. The Labute approximate surface area is 401 Å². The largest absolute Gasteiger partial charge is 0.455 e. The maximum absolute atomic E-state index is 6.71. The van der Waals surface area contributed by atoms with Crippen molar-refractivity contribution in [1.29, 1.82) is 0 Å². The van der Waals surface area contributed by atoms with Crippen molar-refractivity contribution in [1.82, 2.24) is 0 Å². The predicted molar refractivity (Wildman–Crippen MR) is 289 cm³/mol. The van der Waals surface area contributed by atoms with Crippen LogP contribution in [0.4, 0.5) is 17.1 Å². The van der Waals surface area contributed by atoms with Crippen LogP contribution < -0.4 is 4.90 Å². The molecule has 2 atom stereocenters. The van der Waals surface area contributed by atoms with E-state index in [1.54, 1.807) is 0 Å². The van der Waals surface area contributed by atoms with Gasteiger partial charge in [-0.3, -0.25) is 0 Å². The number of hydrogen-bond donors (Lipinski definition) is 0. The van der Waals surface area contributed by atoms with Gasteiger partial charge in [0.1, 0.15) is 11.2 Å². The fraction of sp³-hybridized carbons (Fsp3) is 0.0448. The predicted octanol–water partition coefficient (Wildman–Crippen LogP) is 18.0. The van der Waals surface area contributed by atoms with Crippen molar-refractivity contribution in [2.45, 2.75) is 11.3 Å². The van der Waals surface area contributed by atoms with Crippen molar-refractivity contribution in [3.05, 3.63) is 283 Å². The van der Waals surface area contributed by atoms with Crippen LogP contribution in [0.3, 0.4) is 0 Å². The molecule has 1 aromatic heterocycles. The molecule has 324 valence electrons. The highest BCUT2D eigenvalue weighted by molar-refractivity contribution is 6.19. The number of nitrogens with zero attached hydrogens (tertiary/aromatic N) is 1. The van der Waals surface area contributed by atoms with Crippen molar-refractivity contribution < 1.29 is 4.42 Å². The lowest BCUT2D eigenvalue weighted by Crippen LogP contribution is -2.34. The number of benzene rings is 11. The lowest BCUT2D eigenvalue weighted by Gasteiger charge is -2.38. The van der Waals surface area contributed by atoms with Crippen LogP contribution in [0.1, 0.15) is 28.2 Å². The highest BCUT2D eigenvalue weighted by atomic mass is 16.3. The molecule has 69 heavy (non-hydrogen) atoms. The van der Waals surface area contributed by atoms with Crippen molar-refractivity contribution in [3.63, 3.8) is 0 Å². The van der Waals surface area contributed by atoms with Gasteiger partial charge in [0.05, 0.1) is 11.1 Å². The van der Waals surface area contributed by atoms with Gasteiger partial charge in [0.25, 0.3) is 0 Å². The molecule has 1 heterocycles. The van der Waals surface area contributed by atoms with Gasteiger partial charge in [-0.2, -0.15) is 0 Å². The van der Waals surface area contributed by atoms with Gasteiger partial charge in [-0.15, -0.1) is 0 Å². The summed E-state index contributed by atoms with van der Waals surface area (Å²) in [6.07, 6.45) is 9.40. The minimum atomic E-state index is -0.416. The summed E-state index contributed by atoms with van der Waals surface area (Å²) in [4.78, 5) is 2.51. The smallest absolute Gasteiger partial charge is 0.143 e. The van der Waals surface area contributed by atoms with E-state index in [1.165, 1.54) is 66.0 Å². The molecule has 2 nitrogen and oxygen atoms in total. The molecule has 11 aromatic carbocycles. The molecule has 2 aliphatic rings. The molecule has 0 bridgehead atoms. The zero-order valence-corrected chi connectivity index (χ0v) is 37.8. The summed E-state index contributed by atoms with van der Waals surface area (Å²) in [6.45, 7) is 0. The van der Waals surface area contributed by atoms with E-state index in [4.69, 9.17) is 4.42 Å². The van der Waals surface area contributed by atoms with Crippen LogP contribution in [0.5, 0.6) is 0 Å². The highest BCUT2D eigenvalue weighted by Crippen LogP contribution is 2.62. The van der Waals surface area contributed by atoms with Crippen LogP contribution in [0, 0.1) is 5.92 Å². The Morgan fingerprint density at radius 2 is 1.04 bits per heavy atom. The standard InChI is InChI=1S/C67H45NO/c1-3-19-50(20-4-1)67(51-21-5-2-6-22-51)60-28-12-11-26-58(60)65-61(67)29-15-30-62(65)68(52-38-34-44(35-39-52)47-37-40-55-49(42-47)33-32-45-16-7-9-24-54(45)55)53-23-13-18-48(43-53)56-27-14-31-63-64(56)59-41-36-46-17-8-10-25-57(46)66(59)69-63/h1-43,58,60H. The van der Waals surface area contributed by atoms with E-state index in [-0.39, 0.29) is 11.8 Å². The Kier molecular flexibility index (Phi) is 8.97. The number of furan rings is 1. The van der Waals surface area contributed by atoms with Gasteiger partial charge in [-0.1, -0.05) is 212 Å². The molecular weight excluding hydrogens is 835 g/mol. The Morgan fingerprint density at radius 1 is 0.406 bits per heavy atom. The normalized spacial score (nSPS) is 15.8. The first-order valence-electron chi connectivity index (χ1n) is 24.1. The fourth-order valence-electron chi connectivity index (χ4n) is 12.2. The van der Waals surface area contributed by atoms with E-state index in [2.05, 4.69) is 266 Å². The summed E-state index contributed by atoms with van der Waals surface area (Å²) in [5, 5.41) is 9.62. The van der Waals surface area contributed by atoms with Crippen LogP contribution in [0.15, 0.2) is 265 Å². The molecule has 0 spiro atoms. The van der Waals surface area contributed by atoms with Crippen LogP contribution >= 0.6 is 0 Å². The highest BCUT2D eigenvalue weighted by Gasteiger charge is 2.54. The van der Waals surface area contributed by atoms with Crippen LogP contribution in [0.2, 0.25) is 0 Å². The van der Waals surface area contributed by atoms with Crippen LogP contribution in [0.25, 0.3) is 76.5 Å². The average Bonchev–Trinajstić information content (AvgIpc) is 3.97. The molecule has 0 N–H and O–H groups in total. The lowest BCUT2D eigenvalue weighted by molar-refractivity contribution is 0.457. The van der Waals surface area contributed by atoms with Crippen molar-refractivity contribution >= 4 is 71.3 Å². The summed E-state index contributed by atoms with van der Waals surface area (Å²) < 4.78 is 6.71. The summed E-state index contributed by atoms with van der Waals surface area (Å²) in [6, 6.07) is 87.2. The quantitative estimate of drug-likeness (QED) is 0.148. The molecule has 0 amide bonds. The van der Waals surface area contributed by atoms with Gasteiger partial charge < -0.3 is 9.32 Å². The van der Waals surface area contributed by atoms with E-state index in [0.29, 0.717) is 0 Å². The van der Waals surface area contributed by atoms with Gasteiger partial charge >= 0.3 is 0 Å². The molecule has 12 aromatic rings. The van der Waals surface area contributed by atoms with Gasteiger partial charge in [-0.25, -0.2) is 0 Å². The molecule has 0 aliphatic heterocycles. The maximum atomic E-state index is 6.71.